The van der Waals surface area contributed by atoms with Crippen LogP contribution in [0.4, 0.5) is 4.39 Å². The maximum atomic E-state index is 13.6. The molecule has 0 saturated carbocycles. The largest absolute Gasteiger partial charge is 0.389 e. The molecule has 0 fully saturated rings. The fourth-order valence-electron chi connectivity index (χ4n) is 1.67. The molecule has 0 aromatic heterocycles. The monoisotopic (exact) mass is 319 g/mol. The van der Waals surface area contributed by atoms with E-state index in [-0.39, 0.29) is 12.2 Å². The number of nitrogens with one attached hydrogen (secondary N) is 1. The summed E-state index contributed by atoms with van der Waals surface area (Å²) in [5.74, 6) is -0.304. The highest BCUT2D eigenvalue weighted by Gasteiger charge is 2.22. The molecule has 1 rings (SSSR count). The van der Waals surface area contributed by atoms with Crippen molar-refractivity contribution < 1.29 is 14.2 Å². The van der Waals surface area contributed by atoms with Crippen LogP contribution in [0.1, 0.15) is 12.5 Å². The third-order valence-electron chi connectivity index (χ3n) is 2.58. The van der Waals surface area contributed by atoms with Crippen molar-refractivity contribution in [2.24, 2.45) is 0 Å². The number of ether oxygens (including phenoxy) is 1. The van der Waals surface area contributed by atoms with Crippen LogP contribution in [0.5, 0.6) is 0 Å². The fraction of sp³-hybridized carbons (Fsp3) is 0.538. The molecule has 0 amide bonds. The van der Waals surface area contributed by atoms with E-state index in [1.165, 1.54) is 6.07 Å². The second-order valence-electron chi connectivity index (χ2n) is 4.58. The Morgan fingerprint density at radius 1 is 1.50 bits per heavy atom. The van der Waals surface area contributed by atoms with E-state index in [1.54, 1.807) is 26.2 Å². The van der Waals surface area contributed by atoms with Crippen LogP contribution in [0.25, 0.3) is 0 Å². The molecule has 0 aliphatic rings. The molecule has 0 saturated heterocycles. The van der Waals surface area contributed by atoms with E-state index in [1.807, 2.05) is 0 Å². The minimum Gasteiger partial charge on any atom is -0.389 e. The first kappa shape index (κ1) is 15.6. The van der Waals surface area contributed by atoms with Crippen molar-refractivity contribution >= 4 is 15.9 Å². The number of aliphatic hydroxyl groups is 1. The minimum absolute atomic E-state index is 0.270. The molecule has 18 heavy (non-hydrogen) atoms. The second kappa shape index (κ2) is 7.19. The smallest absolute Gasteiger partial charge is 0.127 e. The lowest BCUT2D eigenvalue weighted by Crippen LogP contribution is -2.41. The van der Waals surface area contributed by atoms with Gasteiger partial charge < -0.3 is 15.2 Å². The van der Waals surface area contributed by atoms with Gasteiger partial charge in [-0.1, -0.05) is 22.0 Å². The molecular formula is C13H19BrFNO2. The molecule has 0 aliphatic carbocycles. The second-order valence-corrected chi connectivity index (χ2v) is 5.49. The Hall–Kier alpha value is -0.490. The number of hydrogen-bond donors (Lipinski definition) is 2. The molecule has 3 nitrogen and oxygen atoms in total. The van der Waals surface area contributed by atoms with E-state index in [4.69, 9.17) is 4.74 Å². The Balaban J connectivity index is 2.53. The van der Waals surface area contributed by atoms with E-state index in [2.05, 4.69) is 21.2 Å². The summed E-state index contributed by atoms with van der Waals surface area (Å²) in [6.07, 6.45) is 0.270. The van der Waals surface area contributed by atoms with Gasteiger partial charge in [-0.2, -0.15) is 0 Å². The molecule has 0 bridgehead atoms. The van der Waals surface area contributed by atoms with Crippen LogP contribution in [-0.4, -0.2) is 37.5 Å². The van der Waals surface area contributed by atoms with Crippen LogP contribution in [0.15, 0.2) is 22.7 Å². The predicted octanol–water partition coefficient (Wildman–Crippen LogP) is 2.12. The molecule has 102 valence electrons. The van der Waals surface area contributed by atoms with Gasteiger partial charge in [0.15, 0.2) is 0 Å². The third-order valence-corrected chi connectivity index (χ3v) is 3.07. The van der Waals surface area contributed by atoms with E-state index >= 15 is 0 Å². The summed E-state index contributed by atoms with van der Waals surface area (Å²) in [5, 5.41) is 13.3. The average Bonchev–Trinajstić information content (AvgIpc) is 2.28. The van der Waals surface area contributed by atoms with Gasteiger partial charge in [0.1, 0.15) is 5.82 Å². The zero-order valence-electron chi connectivity index (χ0n) is 10.7. The Morgan fingerprint density at radius 3 is 2.83 bits per heavy atom. The molecule has 0 spiro atoms. The van der Waals surface area contributed by atoms with Gasteiger partial charge >= 0.3 is 0 Å². The lowest BCUT2D eigenvalue weighted by molar-refractivity contribution is 0.0573. The highest BCUT2D eigenvalue weighted by molar-refractivity contribution is 9.10. The number of hydrogen-bond acceptors (Lipinski definition) is 3. The molecule has 1 unspecified atom stereocenters. The zero-order chi connectivity index (χ0) is 13.6. The summed E-state index contributed by atoms with van der Waals surface area (Å²) in [5.41, 5.74) is -0.473. The van der Waals surface area contributed by atoms with Crippen LogP contribution in [0.3, 0.4) is 0 Å². The van der Waals surface area contributed by atoms with Crippen molar-refractivity contribution in [1.82, 2.24) is 5.32 Å². The normalized spacial score (nSPS) is 14.5. The van der Waals surface area contributed by atoms with Gasteiger partial charge in [-0.25, -0.2) is 4.39 Å². The van der Waals surface area contributed by atoms with Crippen LogP contribution >= 0.6 is 15.9 Å². The van der Waals surface area contributed by atoms with Crippen molar-refractivity contribution in [1.29, 1.82) is 0 Å². The SMILES string of the molecule is COCCNCC(C)(O)Cc1ccc(Br)cc1F. The molecule has 0 heterocycles. The van der Waals surface area contributed by atoms with Crippen molar-refractivity contribution in [3.8, 4) is 0 Å². The van der Waals surface area contributed by atoms with Crippen LogP contribution in [0, 0.1) is 5.82 Å². The van der Waals surface area contributed by atoms with Gasteiger partial charge in [0.25, 0.3) is 0 Å². The van der Waals surface area contributed by atoms with Gasteiger partial charge in [-0.05, 0) is 24.6 Å². The Labute approximate surface area is 115 Å². The third kappa shape index (κ3) is 5.44. The molecular weight excluding hydrogens is 301 g/mol. The molecule has 0 radical (unpaired) electrons. The minimum atomic E-state index is -0.984. The Kier molecular flexibility index (Phi) is 6.21. The number of benzene rings is 1. The lowest BCUT2D eigenvalue weighted by atomic mass is 9.96. The van der Waals surface area contributed by atoms with Crippen molar-refractivity contribution in [2.45, 2.75) is 18.9 Å². The highest BCUT2D eigenvalue weighted by Crippen LogP contribution is 2.19. The molecule has 1 atom stereocenters. The maximum Gasteiger partial charge on any atom is 0.127 e. The average molecular weight is 320 g/mol. The Morgan fingerprint density at radius 2 is 2.22 bits per heavy atom. The summed E-state index contributed by atoms with van der Waals surface area (Å²) >= 11 is 3.21. The van der Waals surface area contributed by atoms with Gasteiger partial charge in [-0.15, -0.1) is 0 Å². The van der Waals surface area contributed by atoms with Crippen molar-refractivity contribution in [3.63, 3.8) is 0 Å². The number of rotatable bonds is 7. The van der Waals surface area contributed by atoms with Crippen LogP contribution in [-0.2, 0) is 11.2 Å². The summed E-state index contributed by atoms with van der Waals surface area (Å²) < 4.78 is 19.2. The van der Waals surface area contributed by atoms with Crippen LogP contribution in [0.2, 0.25) is 0 Å². The summed E-state index contributed by atoms with van der Waals surface area (Å²) in [6.45, 7) is 3.33. The van der Waals surface area contributed by atoms with E-state index in [0.29, 0.717) is 29.7 Å². The maximum absolute atomic E-state index is 13.6. The van der Waals surface area contributed by atoms with E-state index in [0.717, 1.165) is 0 Å². The molecule has 5 heteroatoms. The summed E-state index contributed by atoms with van der Waals surface area (Å²) in [4.78, 5) is 0. The van der Waals surface area contributed by atoms with Crippen molar-refractivity contribution in [2.75, 3.05) is 26.8 Å². The first-order chi connectivity index (χ1) is 8.44. The number of halogens is 2. The predicted molar refractivity (Wildman–Crippen MR) is 73.2 cm³/mol. The van der Waals surface area contributed by atoms with Gasteiger partial charge in [-0.3, -0.25) is 0 Å². The standard InChI is InChI=1S/C13H19BrFNO2/c1-13(17,9-16-5-6-18-2)8-10-3-4-11(14)7-12(10)15/h3-4,7,16-17H,5-6,8-9H2,1-2H3. The molecule has 0 aliphatic heterocycles. The molecule has 1 aromatic rings. The van der Waals surface area contributed by atoms with Crippen molar-refractivity contribution in [3.05, 3.63) is 34.1 Å². The summed E-state index contributed by atoms with van der Waals surface area (Å²) in [7, 11) is 1.62. The summed E-state index contributed by atoms with van der Waals surface area (Å²) in [6, 6.07) is 4.86. The topological polar surface area (TPSA) is 41.5 Å². The Bertz CT molecular complexity index is 385. The first-order valence-corrected chi connectivity index (χ1v) is 6.60. The van der Waals surface area contributed by atoms with E-state index < -0.39 is 5.60 Å². The van der Waals surface area contributed by atoms with E-state index in [9.17, 15) is 9.50 Å². The lowest BCUT2D eigenvalue weighted by Gasteiger charge is -2.24. The van der Waals surface area contributed by atoms with Gasteiger partial charge in [0, 0.05) is 31.1 Å². The van der Waals surface area contributed by atoms with Gasteiger partial charge in [0.2, 0.25) is 0 Å². The van der Waals surface area contributed by atoms with Gasteiger partial charge in [0.05, 0.1) is 12.2 Å². The fourth-order valence-corrected chi connectivity index (χ4v) is 2.00. The number of methoxy groups -OCH3 is 1. The zero-order valence-corrected chi connectivity index (χ0v) is 12.3. The highest BCUT2D eigenvalue weighted by atomic mass is 79.9. The molecule has 1 aromatic carbocycles. The molecule has 2 N–H and O–H groups in total. The van der Waals surface area contributed by atoms with Crippen LogP contribution < -0.4 is 5.32 Å². The first-order valence-electron chi connectivity index (χ1n) is 5.80. The quantitative estimate of drug-likeness (QED) is 0.756.